The molecule has 31 heavy (non-hydrogen) atoms. The average molecular weight is 460 g/mol. The van der Waals surface area contributed by atoms with Crippen molar-refractivity contribution >= 4 is 13.5 Å². The first-order valence-corrected chi connectivity index (χ1v) is 15.1. The summed E-state index contributed by atoms with van der Waals surface area (Å²) in [6, 6.07) is -0.0646. The Morgan fingerprint density at radius 1 is 0.774 bits per heavy atom. The van der Waals surface area contributed by atoms with E-state index in [0.29, 0.717) is 6.42 Å². The topological polar surface area (TPSA) is 86.6 Å². The molecule has 0 spiro atoms. The van der Waals surface area contributed by atoms with Gasteiger partial charge in [-0.3, -0.25) is 9.36 Å². The molecule has 1 rings (SSSR count). The van der Waals surface area contributed by atoms with Crippen LogP contribution in [0, 0.1) is 5.92 Å². The van der Waals surface area contributed by atoms with E-state index in [4.69, 9.17) is 0 Å². The Labute approximate surface area is 191 Å². The number of nitrogens with one attached hydrogen (secondary N) is 1. The zero-order valence-corrected chi connectivity index (χ0v) is 21.1. The molecule has 0 aliphatic heterocycles. The lowest BCUT2D eigenvalue weighted by molar-refractivity contribution is -0.122. The first-order chi connectivity index (χ1) is 14.9. The largest absolute Gasteiger partial charge is 0.353 e. The van der Waals surface area contributed by atoms with Crippen molar-refractivity contribution in [2.24, 2.45) is 5.92 Å². The number of rotatable bonds is 19. The van der Waals surface area contributed by atoms with Gasteiger partial charge in [0.2, 0.25) is 5.91 Å². The summed E-state index contributed by atoms with van der Waals surface area (Å²) in [5.41, 5.74) is 0. The molecule has 0 bridgehead atoms. The van der Waals surface area contributed by atoms with Gasteiger partial charge in [-0.1, -0.05) is 110 Å². The van der Waals surface area contributed by atoms with Crippen LogP contribution >= 0.6 is 7.60 Å². The Morgan fingerprint density at radius 2 is 1.23 bits per heavy atom. The van der Waals surface area contributed by atoms with Crippen molar-refractivity contribution in [3.05, 3.63) is 0 Å². The molecule has 5 nitrogen and oxygen atoms in total. The van der Waals surface area contributed by atoms with Gasteiger partial charge in [0.05, 0.1) is 6.16 Å². The SMILES string of the molecule is CCCCCCCCCCCCCCCCCC(=O)N[C@H]1CCCC[C@H]1CP(=O)(O)O. The number of hydrogen-bond acceptors (Lipinski definition) is 2. The number of hydrogen-bond donors (Lipinski definition) is 3. The molecule has 3 N–H and O–H groups in total. The summed E-state index contributed by atoms with van der Waals surface area (Å²) >= 11 is 0. The monoisotopic (exact) mass is 459 g/mol. The van der Waals surface area contributed by atoms with E-state index in [-0.39, 0.29) is 24.0 Å². The summed E-state index contributed by atoms with van der Waals surface area (Å²) in [6.07, 6.45) is 23.8. The lowest BCUT2D eigenvalue weighted by atomic mass is 9.85. The van der Waals surface area contributed by atoms with Gasteiger partial charge in [0.15, 0.2) is 0 Å². The second kappa shape index (κ2) is 18.1. The normalized spacial score (nSPS) is 19.5. The zero-order valence-electron chi connectivity index (χ0n) is 20.2. The van der Waals surface area contributed by atoms with Crippen molar-refractivity contribution in [2.75, 3.05) is 6.16 Å². The maximum atomic E-state index is 12.3. The van der Waals surface area contributed by atoms with Crippen molar-refractivity contribution in [1.29, 1.82) is 0 Å². The van der Waals surface area contributed by atoms with Gasteiger partial charge in [-0.2, -0.15) is 0 Å². The third-order valence-electron chi connectivity index (χ3n) is 6.74. The van der Waals surface area contributed by atoms with Crippen LogP contribution in [-0.2, 0) is 9.36 Å². The summed E-state index contributed by atoms with van der Waals surface area (Å²) in [4.78, 5) is 30.8. The highest BCUT2D eigenvalue weighted by molar-refractivity contribution is 7.51. The van der Waals surface area contributed by atoms with Crippen molar-refractivity contribution < 1.29 is 19.1 Å². The van der Waals surface area contributed by atoms with Gasteiger partial charge >= 0.3 is 7.60 Å². The minimum Gasteiger partial charge on any atom is -0.353 e. The van der Waals surface area contributed by atoms with Crippen LogP contribution in [0.5, 0.6) is 0 Å². The van der Waals surface area contributed by atoms with E-state index in [1.54, 1.807) is 0 Å². The summed E-state index contributed by atoms with van der Waals surface area (Å²) in [5, 5.41) is 3.06. The Kier molecular flexibility index (Phi) is 16.7. The molecule has 0 radical (unpaired) electrons. The Bertz CT molecular complexity index is 494. The van der Waals surface area contributed by atoms with Crippen LogP contribution in [0.3, 0.4) is 0 Å². The second-order valence-corrected chi connectivity index (χ2v) is 11.5. The molecule has 6 heteroatoms. The van der Waals surface area contributed by atoms with E-state index in [1.807, 2.05) is 0 Å². The Balaban J connectivity index is 1.93. The van der Waals surface area contributed by atoms with Crippen molar-refractivity contribution in [3.8, 4) is 0 Å². The molecule has 0 aromatic rings. The molecule has 1 saturated carbocycles. The minimum atomic E-state index is -4.02. The van der Waals surface area contributed by atoms with Gasteiger partial charge in [0.1, 0.15) is 0 Å². The summed E-state index contributed by atoms with van der Waals surface area (Å²) < 4.78 is 11.3. The Morgan fingerprint density at radius 3 is 1.71 bits per heavy atom. The van der Waals surface area contributed by atoms with E-state index >= 15 is 0 Å². The predicted molar refractivity (Wildman–Crippen MR) is 130 cm³/mol. The standard InChI is InChI=1S/C25H50NO4P/c1-2-3-4-5-6-7-8-9-10-11-12-13-14-15-16-21-25(27)26-24-20-18-17-19-23(24)22-31(28,29)30/h23-24H,2-22H2,1H3,(H,26,27)(H2,28,29,30)/t23-,24-/m0/s1. The van der Waals surface area contributed by atoms with Crippen LogP contribution in [0.25, 0.3) is 0 Å². The van der Waals surface area contributed by atoms with Gasteiger partial charge in [-0.25, -0.2) is 0 Å². The molecule has 0 aromatic carbocycles. The van der Waals surface area contributed by atoms with Crippen LogP contribution in [0.2, 0.25) is 0 Å². The molecule has 0 unspecified atom stereocenters. The zero-order chi connectivity index (χ0) is 22.8. The number of unbranched alkanes of at least 4 members (excludes halogenated alkanes) is 14. The fourth-order valence-electron chi connectivity index (χ4n) is 4.86. The molecule has 1 fully saturated rings. The molecule has 1 aliphatic rings. The van der Waals surface area contributed by atoms with Crippen LogP contribution in [0.1, 0.15) is 135 Å². The fourth-order valence-corrected chi connectivity index (χ4v) is 5.91. The van der Waals surface area contributed by atoms with Gasteiger partial charge in [-0.15, -0.1) is 0 Å². The van der Waals surface area contributed by atoms with E-state index in [9.17, 15) is 19.1 Å². The van der Waals surface area contributed by atoms with Crippen molar-refractivity contribution in [1.82, 2.24) is 5.32 Å². The van der Waals surface area contributed by atoms with Gasteiger partial charge in [-0.05, 0) is 25.2 Å². The summed E-state index contributed by atoms with van der Waals surface area (Å²) in [5.74, 6) is -0.0307. The summed E-state index contributed by atoms with van der Waals surface area (Å²) in [7, 11) is -4.02. The van der Waals surface area contributed by atoms with Crippen LogP contribution in [-0.4, -0.2) is 27.9 Å². The van der Waals surface area contributed by atoms with E-state index in [2.05, 4.69) is 12.2 Å². The smallest absolute Gasteiger partial charge is 0.325 e. The molecule has 0 saturated heterocycles. The van der Waals surface area contributed by atoms with Gasteiger partial charge < -0.3 is 15.1 Å². The molecule has 1 amide bonds. The predicted octanol–water partition coefficient (Wildman–Crippen LogP) is 7.10. The van der Waals surface area contributed by atoms with Gasteiger partial charge in [0.25, 0.3) is 0 Å². The van der Waals surface area contributed by atoms with Crippen molar-refractivity contribution in [3.63, 3.8) is 0 Å². The molecular formula is C25H50NO4P. The second-order valence-electron chi connectivity index (χ2n) is 9.77. The fraction of sp³-hybridized carbons (Fsp3) is 0.960. The van der Waals surface area contributed by atoms with E-state index < -0.39 is 7.60 Å². The molecule has 2 atom stereocenters. The third-order valence-corrected chi connectivity index (χ3v) is 7.68. The first kappa shape index (κ1) is 28.7. The lowest BCUT2D eigenvalue weighted by Gasteiger charge is -2.32. The molecule has 184 valence electrons. The minimum absolute atomic E-state index is 0.0531. The highest BCUT2D eigenvalue weighted by Crippen LogP contribution is 2.41. The molecule has 0 aromatic heterocycles. The van der Waals surface area contributed by atoms with Crippen LogP contribution in [0.4, 0.5) is 0 Å². The maximum absolute atomic E-state index is 12.3. The Hall–Kier alpha value is -0.380. The highest BCUT2D eigenvalue weighted by Gasteiger charge is 2.31. The molecule has 1 aliphatic carbocycles. The molecular weight excluding hydrogens is 409 g/mol. The summed E-state index contributed by atoms with van der Waals surface area (Å²) in [6.45, 7) is 2.27. The quantitative estimate of drug-likeness (QED) is 0.142. The van der Waals surface area contributed by atoms with Crippen LogP contribution in [0.15, 0.2) is 0 Å². The maximum Gasteiger partial charge on any atom is 0.325 e. The van der Waals surface area contributed by atoms with Crippen LogP contribution < -0.4 is 5.32 Å². The third kappa shape index (κ3) is 16.8. The number of carbonyl (C=O) groups is 1. The molecule has 0 heterocycles. The number of amides is 1. The van der Waals surface area contributed by atoms with E-state index in [0.717, 1.165) is 38.5 Å². The number of carbonyl (C=O) groups excluding carboxylic acids is 1. The van der Waals surface area contributed by atoms with E-state index in [1.165, 1.54) is 83.5 Å². The highest BCUT2D eigenvalue weighted by atomic mass is 31.2. The average Bonchev–Trinajstić information content (AvgIpc) is 2.71. The lowest BCUT2D eigenvalue weighted by Crippen LogP contribution is -2.43. The van der Waals surface area contributed by atoms with Crippen molar-refractivity contribution in [2.45, 2.75) is 141 Å². The first-order valence-electron chi connectivity index (χ1n) is 13.3. The van der Waals surface area contributed by atoms with Gasteiger partial charge in [0, 0.05) is 12.5 Å².